The molecular weight excluding hydrogens is 174 g/mol. The van der Waals surface area contributed by atoms with E-state index in [1.54, 1.807) is 0 Å². The minimum Gasteiger partial charge on any atom is -0.481 e. The van der Waals surface area contributed by atoms with E-state index < -0.39 is 0 Å². The predicted octanol–water partition coefficient (Wildman–Crippen LogP) is 2.03. The van der Waals surface area contributed by atoms with E-state index in [1.807, 2.05) is 32.0 Å². The number of nitrogens with two attached hydrogens (primary N) is 1. The SMILES string of the molecule is C#CCOc1ccc(C)cc1[C@H](C)N. The van der Waals surface area contributed by atoms with Gasteiger partial charge in [0.05, 0.1) is 0 Å². The number of hydrogen-bond donors (Lipinski definition) is 1. The van der Waals surface area contributed by atoms with Crippen LogP contribution < -0.4 is 10.5 Å². The van der Waals surface area contributed by atoms with Gasteiger partial charge in [-0.1, -0.05) is 23.6 Å². The van der Waals surface area contributed by atoms with Crippen molar-refractivity contribution in [1.29, 1.82) is 0 Å². The van der Waals surface area contributed by atoms with Gasteiger partial charge in [-0.05, 0) is 19.9 Å². The Bertz CT molecular complexity index is 350. The molecule has 0 saturated heterocycles. The summed E-state index contributed by atoms with van der Waals surface area (Å²) in [5, 5.41) is 0. The molecule has 0 fully saturated rings. The van der Waals surface area contributed by atoms with Gasteiger partial charge >= 0.3 is 0 Å². The van der Waals surface area contributed by atoms with Crippen LogP contribution in [0.3, 0.4) is 0 Å². The molecule has 14 heavy (non-hydrogen) atoms. The molecule has 0 aliphatic rings. The van der Waals surface area contributed by atoms with Gasteiger partial charge in [-0.2, -0.15) is 0 Å². The summed E-state index contributed by atoms with van der Waals surface area (Å²) >= 11 is 0. The Labute approximate surface area is 85.1 Å². The summed E-state index contributed by atoms with van der Waals surface area (Å²) in [4.78, 5) is 0. The van der Waals surface area contributed by atoms with Crippen molar-refractivity contribution in [3.8, 4) is 18.1 Å². The number of hydrogen-bond acceptors (Lipinski definition) is 2. The summed E-state index contributed by atoms with van der Waals surface area (Å²) in [6.45, 7) is 4.23. The van der Waals surface area contributed by atoms with Crippen molar-refractivity contribution in [2.75, 3.05) is 6.61 Å². The maximum Gasteiger partial charge on any atom is 0.148 e. The van der Waals surface area contributed by atoms with E-state index in [0.717, 1.165) is 11.3 Å². The Morgan fingerprint density at radius 3 is 2.86 bits per heavy atom. The number of ether oxygens (including phenoxy) is 1. The van der Waals surface area contributed by atoms with Crippen LogP contribution in [0.25, 0.3) is 0 Å². The fourth-order valence-electron chi connectivity index (χ4n) is 1.27. The van der Waals surface area contributed by atoms with E-state index in [-0.39, 0.29) is 12.6 Å². The Hall–Kier alpha value is -1.46. The normalized spacial score (nSPS) is 11.9. The van der Waals surface area contributed by atoms with Crippen molar-refractivity contribution >= 4 is 0 Å². The molecule has 0 bridgehead atoms. The molecule has 0 heterocycles. The zero-order valence-electron chi connectivity index (χ0n) is 8.58. The minimum absolute atomic E-state index is 0.0392. The van der Waals surface area contributed by atoms with Crippen LogP contribution in [-0.2, 0) is 0 Å². The number of rotatable bonds is 3. The lowest BCUT2D eigenvalue weighted by molar-refractivity contribution is 0.364. The number of aryl methyl sites for hydroxylation is 1. The van der Waals surface area contributed by atoms with Crippen molar-refractivity contribution in [1.82, 2.24) is 0 Å². The highest BCUT2D eigenvalue weighted by molar-refractivity contribution is 5.38. The molecule has 0 aliphatic carbocycles. The van der Waals surface area contributed by atoms with Crippen LogP contribution in [0.5, 0.6) is 5.75 Å². The summed E-state index contributed by atoms with van der Waals surface area (Å²) in [5.74, 6) is 3.21. The van der Waals surface area contributed by atoms with Crippen molar-refractivity contribution < 1.29 is 4.74 Å². The lowest BCUT2D eigenvalue weighted by Crippen LogP contribution is -2.08. The molecule has 0 amide bonds. The first kappa shape index (κ1) is 10.6. The average molecular weight is 189 g/mol. The lowest BCUT2D eigenvalue weighted by Gasteiger charge is -2.13. The van der Waals surface area contributed by atoms with Crippen LogP contribution in [-0.4, -0.2) is 6.61 Å². The second-order valence-corrected chi connectivity index (χ2v) is 3.32. The summed E-state index contributed by atoms with van der Waals surface area (Å²) < 4.78 is 5.39. The smallest absolute Gasteiger partial charge is 0.148 e. The summed E-state index contributed by atoms with van der Waals surface area (Å²) in [5.41, 5.74) is 8.00. The second kappa shape index (κ2) is 4.69. The predicted molar refractivity (Wildman–Crippen MR) is 58.1 cm³/mol. The quantitative estimate of drug-likeness (QED) is 0.738. The summed E-state index contributed by atoms with van der Waals surface area (Å²) in [6, 6.07) is 5.88. The molecule has 0 aromatic heterocycles. The van der Waals surface area contributed by atoms with Crippen LogP contribution >= 0.6 is 0 Å². The highest BCUT2D eigenvalue weighted by Crippen LogP contribution is 2.24. The maximum atomic E-state index is 5.82. The molecular formula is C12H15NO. The summed E-state index contributed by atoms with van der Waals surface area (Å²) in [7, 11) is 0. The highest BCUT2D eigenvalue weighted by atomic mass is 16.5. The molecule has 2 N–H and O–H groups in total. The molecule has 74 valence electrons. The van der Waals surface area contributed by atoms with Crippen LogP contribution in [0, 0.1) is 19.3 Å². The van der Waals surface area contributed by atoms with Gasteiger partial charge in [0.25, 0.3) is 0 Å². The molecule has 0 radical (unpaired) electrons. The largest absolute Gasteiger partial charge is 0.481 e. The Balaban J connectivity index is 2.97. The van der Waals surface area contributed by atoms with Gasteiger partial charge < -0.3 is 10.5 Å². The van der Waals surface area contributed by atoms with E-state index in [1.165, 1.54) is 5.56 Å². The molecule has 0 aliphatic heterocycles. The molecule has 1 atom stereocenters. The number of benzene rings is 1. The van der Waals surface area contributed by atoms with Crippen molar-refractivity contribution in [3.63, 3.8) is 0 Å². The molecule has 2 nitrogen and oxygen atoms in total. The van der Waals surface area contributed by atoms with Crippen molar-refractivity contribution in [2.24, 2.45) is 5.73 Å². The molecule has 2 heteroatoms. The Morgan fingerprint density at radius 2 is 2.29 bits per heavy atom. The van der Waals surface area contributed by atoms with Gasteiger partial charge in [0.2, 0.25) is 0 Å². The van der Waals surface area contributed by atoms with Gasteiger partial charge in [0, 0.05) is 11.6 Å². The molecule has 0 spiro atoms. The van der Waals surface area contributed by atoms with E-state index in [9.17, 15) is 0 Å². The van der Waals surface area contributed by atoms with Gasteiger partial charge in [-0.15, -0.1) is 6.42 Å². The molecule has 1 rings (SSSR count). The average Bonchev–Trinajstić information content (AvgIpc) is 2.15. The molecule has 0 saturated carbocycles. The third kappa shape index (κ3) is 2.51. The Kier molecular flexibility index (Phi) is 3.55. The highest BCUT2D eigenvalue weighted by Gasteiger charge is 2.07. The van der Waals surface area contributed by atoms with E-state index in [0.29, 0.717) is 0 Å². The topological polar surface area (TPSA) is 35.2 Å². The van der Waals surface area contributed by atoms with Gasteiger partial charge in [0.15, 0.2) is 0 Å². The fourth-order valence-corrected chi connectivity index (χ4v) is 1.27. The molecule has 1 aromatic rings. The molecule has 0 unspecified atom stereocenters. The van der Waals surface area contributed by atoms with Gasteiger partial charge in [0.1, 0.15) is 12.4 Å². The van der Waals surface area contributed by atoms with E-state index in [2.05, 4.69) is 5.92 Å². The van der Waals surface area contributed by atoms with Crippen molar-refractivity contribution in [3.05, 3.63) is 29.3 Å². The number of terminal acetylenes is 1. The monoisotopic (exact) mass is 189 g/mol. The van der Waals surface area contributed by atoms with Crippen LogP contribution in [0.1, 0.15) is 24.1 Å². The lowest BCUT2D eigenvalue weighted by atomic mass is 10.1. The standard InChI is InChI=1S/C12H15NO/c1-4-7-14-12-6-5-9(2)8-11(12)10(3)13/h1,5-6,8,10H,7,13H2,2-3H3/t10-/m0/s1. The third-order valence-electron chi connectivity index (χ3n) is 1.97. The first-order valence-electron chi connectivity index (χ1n) is 4.57. The minimum atomic E-state index is -0.0392. The fraction of sp³-hybridized carbons (Fsp3) is 0.333. The van der Waals surface area contributed by atoms with Crippen LogP contribution in [0.15, 0.2) is 18.2 Å². The zero-order chi connectivity index (χ0) is 10.6. The molecule has 1 aromatic carbocycles. The first-order valence-corrected chi connectivity index (χ1v) is 4.57. The first-order chi connectivity index (χ1) is 6.65. The van der Waals surface area contributed by atoms with Crippen LogP contribution in [0.4, 0.5) is 0 Å². The van der Waals surface area contributed by atoms with Gasteiger partial charge in [-0.25, -0.2) is 0 Å². The summed E-state index contributed by atoms with van der Waals surface area (Å²) in [6.07, 6.45) is 5.13. The van der Waals surface area contributed by atoms with Gasteiger partial charge in [-0.3, -0.25) is 0 Å². The van der Waals surface area contributed by atoms with Crippen LogP contribution in [0.2, 0.25) is 0 Å². The Morgan fingerprint density at radius 1 is 1.57 bits per heavy atom. The maximum absolute atomic E-state index is 5.82. The second-order valence-electron chi connectivity index (χ2n) is 3.32. The van der Waals surface area contributed by atoms with E-state index >= 15 is 0 Å². The zero-order valence-corrected chi connectivity index (χ0v) is 8.58. The van der Waals surface area contributed by atoms with Crippen molar-refractivity contribution in [2.45, 2.75) is 19.9 Å². The third-order valence-corrected chi connectivity index (χ3v) is 1.97. The van der Waals surface area contributed by atoms with E-state index in [4.69, 9.17) is 16.9 Å².